The van der Waals surface area contributed by atoms with Crippen LogP contribution in [-0.4, -0.2) is 20.8 Å². The van der Waals surface area contributed by atoms with Crippen LogP contribution in [0.3, 0.4) is 0 Å². The molecule has 1 aromatic heterocycles. The summed E-state index contributed by atoms with van der Waals surface area (Å²) in [6.45, 7) is 0. The molecule has 0 fully saturated rings. The van der Waals surface area contributed by atoms with Gasteiger partial charge in [-0.2, -0.15) is 0 Å². The van der Waals surface area contributed by atoms with Crippen LogP contribution in [0.2, 0.25) is 0 Å². The van der Waals surface area contributed by atoms with E-state index in [-0.39, 0.29) is 17.4 Å². The smallest absolute Gasteiger partial charge is 0.295 e. The van der Waals surface area contributed by atoms with E-state index in [2.05, 4.69) is 0 Å². The molecule has 0 N–H and O–H groups in total. The Balaban J connectivity index is 2.51. The highest BCUT2D eigenvalue weighted by atomic mass is 35.5. The molecule has 1 heterocycles. The molecule has 1 aromatic carbocycles. The lowest BCUT2D eigenvalue weighted by atomic mass is 10.1. The third-order valence-corrected chi connectivity index (χ3v) is 3.15. The van der Waals surface area contributed by atoms with Gasteiger partial charge in [0.1, 0.15) is 0 Å². The number of hydrogen-bond donors (Lipinski definition) is 0. The van der Waals surface area contributed by atoms with Crippen molar-refractivity contribution in [2.45, 2.75) is 0 Å². The van der Waals surface area contributed by atoms with E-state index in [1.807, 2.05) is 18.2 Å². The fourth-order valence-corrected chi connectivity index (χ4v) is 1.95. The second-order valence-electron chi connectivity index (χ2n) is 4.08. The molecule has 0 unspecified atom stereocenters. The second-order valence-corrected chi connectivity index (χ2v) is 4.35. The van der Waals surface area contributed by atoms with Gasteiger partial charge in [0.15, 0.2) is 5.78 Å². The lowest BCUT2D eigenvalue weighted by Crippen LogP contribution is -2.19. The number of allylic oxidation sites excluding steroid dienone is 1. The highest BCUT2D eigenvalue weighted by molar-refractivity contribution is 6.29. The molecule has 0 saturated carbocycles. The minimum atomic E-state index is -0.140. The number of benzene rings is 1. The van der Waals surface area contributed by atoms with Gasteiger partial charge in [0.2, 0.25) is 0 Å². The first-order chi connectivity index (χ1) is 8.54. The van der Waals surface area contributed by atoms with E-state index in [0.717, 1.165) is 16.6 Å². The zero-order chi connectivity index (χ0) is 13.3. The summed E-state index contributed by atoms with van der Waals surface area (Å²) >= 11 is 5.41. The van der Waals surface area contributed by atoms with E-state index in [0.29, 0.717) is 0 Å². The van der Waals surface area contributed by atoms with Gasteiger partial charge in [-0.05, 0) is 23.8 Å². The lowest BCUT2D eigenvalue weighted by molar-refractivity contribution is -0.112. The Morgan fingerprint density at radius 2 is 1.94 bits per heavy atom. The first-order valence-corrected chi connectivity index (χ1v) is 6.00. The number of aromatic nitrogens is 2. The van der Waals surface area contributed by atoms with Gasteiger partial charge in [0.05, 0.1) is 16.9 Å². The second kappa shape index (κ2) is 4.82. The van der Waals surface area contributed by atoms with E-state index in [9.17, 15) is 9.59 Å². The van der Waals surface area contributed by atoms with E-state index >= 15 is 0 Å². The third kappa shape index (κ3) is 2.11. The number of halogens is 1. The molecule has 4 nitrogen and oxygen atoms in total. The van der Waals surface area contributed by atoms with Crippen molar-refractivity contribution in [3.05, 3.63) is 40.3 Å². The number of aryl methyl sites for hydroxylation is 2. The lowest BCUT2D eigenvalue weighted by Gasteiger charge is -1.97. The van der Waals surface area contributed by atoms with Crippen LogP contribution >= 0.6 is 11.6 Å². The Labute approximate surface area is 109 Å². The molecule has 0 aliphatic carbocycles. The fourth-order valence-electron chi connectivity index (χ4n) is 1.86. The summed E-state index contributed by atoms with van der Waals surface area (Å²) in [5.74, 6) is -0.165. The highest BCUT2D eigenvalue weighted by Gasteiger charge is 2.07. The average Bonchev–Trinajstić information content (AvgIpc) is 2.61. The van der Waals surface area contributed by atoms with E-state index < -0.39 is 0 Å². The van der Waals surface area contributed by atoms with Crippen molar-refractivity contribution < 1.29 is 4.79 Å². The van der Waals surface area contributed by atoms with Crippen molar-refractivity contribution in [1.29, 1.82) is 0 Å². The van der Waals surface area contributed by atoms with Crippen molar-refractivity contribution in [1.82, 2.24) is 9.13 Å². The number of ketones is 1. The quantitative estimate of drug-likeness (QED) is 0.626. The van der Waals surface area contributed by atoms with Crippen LogP contribution in [0.1, 0.15) is 5.56 Å². The summed E-state index contributed by atoms with van der Waals surface area (Å²) in [6.07, 6.45) is 3.14. The minimum absolute atomic E-state index is 0.0252. The molecule has 18 heavy (non-hydrogen) atoms. The molecular weight excluding hydrogens is 252 g/mol. The molecule has 94 valence electrons. The summed E-state index contributed by atoms with van der Waals surface area (Å²) < 4.78 is 3.17. The Morgan fingerprint density at radius 3 is 2.61 bits per heavy atom. The maximum atomic E-state index is 11.7. The van der Waals surface area contributed by atoms with Crippen molar-refractivity contribution in [3.63, 3.8) is 0 Å². The number of rotatable bonds is 3. The molecule has 2 rings (SSSR count). The number of carbonyl (C=O) groups is 1. The van der Waals surface area contributed by atoms with Crippen molar-refractivity contribution in [2.24, 2.45) is 14.1 Å². The minimum Gasteiger partial charge on any atom is -0.295 e. The molecule has 0 aliphatic rings. The van der Waals surface area contributed by atoms with Gasteiger partial charge in [-0.3, -0.25) is 13.9 Å². The monoisotopic (exact) mass is 264 g/mol. The van der Waals surface area contributed by atoms with Crippen LogP contribution in [0.4, 0.5) is 0 Å². The normalized spacial score (nSPS) is 11.5. The Hall–Kier alpha value is -1.81. The molecule has 0 amide bonds. The third-order valence-electron chi connectivity index (χ3n) is 2.89. The van der Waals surface area contributed by atoms with Crippen LogP contribution in [0, 0.1) is 0 Å². The van der Waals surface area contributed by atoms with Crippen LogP contribution in [0.15, 0.2) is 29.1 Å². The standard InChI is InChI=1S/C13H13ClN2O2/c1-15-11-6-4-9(3-5-10(17)8-14)7-12(11)16(2)13(15)18/h3-7H,8H2,1-2H3. The van der Waals surface area contributed by atoms with E-state index in [1.54, 1.807) is 29.3 Å². The molecule has 0 bridgehead atoms. The zero-order valence-corrected chi connectivity index (χ0v) is 10.9. The predicted molar refractivity (Wildman–Crippen MR) is 72.9 cm³/mol. The van der Waals surface area contributed by atoms with Crippen molar-refractivity contribution >= 4 is 34.5 Å². The number of alkyl halides is 1. The average molecular weight is 265 g/mol. The molecule has 0 spiro atoms. The Bertz CT molecular complexity index is 695. The Kier molecular flexibility index (Phi) is 3.39. The maximum absolute atomic E-state index is 11.7. The van der Waals surface area contributed by atoms with Crippen LogP contribution in [-0.2, 0) is 18.9 Å². The van der Waals surface area contributed by atoms with Crippen LogP contribution in [0.25, 0.3) is 17.1 Å². The molecule has 0 radical (unpaired) electrons. The molecule has 0 saturated heterocycles. The first kappa shape index (κ1) is 12.6. The predicted octanol–water partition coefficient (Wildman–Crippen LogP) is 1.70. The van der Waals surface area contributed by atoms with Crippen LogP contribution in [0.5, 0.6) is 0 Å². The number of carbonyl (C=O) groups excluding carboxylic acids is 1. The largest absolute Gasteiger partial charge is 0.328 e. The van der Waals surface area contributed by atoms with Gasteiger partial charge in [0, 0.05) is 14.1 Å². The van der Waals surface area contributed by atoms with Crippen molar-refractivity contribution in [2.75, 3.05) is 5.88 Å². The molecule has 0 atom stereocenters. The molecule has 2 aromatic rings. The first-order valence-electron chi connectivity index (χ1n) is 5.47. The summed E-state index contributed by atoms with van der Waals surface area (Å²) in [6, 6.07) is 5.59. The van der Waals surface area contributed by atoms with Gasteiger partial charge in [0.25, 0.3) is 0 Å². The molecular formula is C13H13ClN2O2. The van der Waals surface area contributed by atoms with Gasteiger partial charge >= 0.3 is 5.69 Å². The van der Waals surface area contributed by atoms with Gasteiger partial charge in [-0.1, -0.05) is 12.1 Å². The van der Waals surface area contributed by atoms with Crippen LogP contribution < -0.4 is 5.69 Å². The fraction of sp³-hybridized carbons (Fsp3) is 0.231. The summed E-state index contributed by atoms with van der Waals surface area (Å²) in [4.78, 5) is 22.8. The van der Waals surface area contributed by atoms with E-state index in [1.165, 1.54) is 6.08 Å². The Morgan fingerprint density at radius 1 is 1.28 bits per heavy atom. The molecule has 5 heteroatoms. The van der Waals surface area contributed by atoms with E-state index in [4.69, 9.17) is 11.6 Å². The topological polar surface area (TPSA) is 44.0 Å². The van der Waals surface area contributed by atoms with Crippen molar-refractivity contribution in [3.8, 4) is 0 Å². The number of nitrogens with zero attached hydrogens (tertiary/aromatic N) is 2. The summed E-state index contributed by atoms with van der Waals surface area (Å²) in [7, 11) is 3.46. The number of fused-ring (bicyclic) bond motifs is 1. The SMILES string of the molecule is Cn1c(=O)n(C)c2cc(C=CC(=O)CCl)ccc21. The number of imidazole rings is 1. The highest BCUT2D eigenvalue weighted by Crippen LogP contribution is 2.15. The maximum Gasteiger partial charge on any atom is 0.328 e. The zero-order valence-electron chi connectivity index (χ0n) is 10.2. The summed E-state index contributed by atoms with van der Waals surface area (Å²) in [5, 5.41) is 0. The molecule has 0 aliphatic heterocycles. The summed E-state index contributed by atoms with van der Waals surface area (Å²) in [5.41, 5.74) is 2.50. The number of hydrogen-bond acceptors (Lipinski definition) is 2. The van der Waals surface area contributed by atoms with Gasteiger partial charge in [-0.15, -0.1) is 11.6 Å². The van der Waals surface area contributed by atoms with Gasteiger partial charge in [-0.25, -0.2) is 4.79 Å². The van der Waals surface area contributed by atoms with Gasteiger partial charge < -0.3 is 0 Å².